The molecule has 3 aromatic rings. The zero-order valence-electron chi connectivity index (χ0n) is 20.9. The molecule has 190 valence electrons. The fraction of sp³-hybridized carbons (Fsp3) is 0.207. The molecule has 1 heterocycles. The second-order valence-electron chi connectivity index (χ2n) is 8.75. The number of phenols is 1. The molecule has 0 saturated heterocycles. The summed E-state index contributed by atoms with van der Waals surface area (Å²) in [6, 6.07) is 18.8. The Bertz CT molecular complexity index is 1360. The van der Waals surface area contributed by atoms with Gasteiger partial charge in [0.1, 0.15) is 16.4 Å². The van der Waals surface area contributed by atoms with E-state index in [1.54, 1.807) is 24.3 Å². The van der Waals surface area contributed by atoms with Crippen LogP contribution in [0.1, 0.15) is 41.3 Å². The lowest BCUT2D eigenvalue weighted by atomic mass is 10.2. The minimum Gasteiger partial charge on any atom is -0.506 e. The average Bonchev–Trinajstić information content (AvgIpc) is 3.11. The van der Waals surface area contributed by atoms with Gasteiger partial charge in [-0.25, -0.2) is 9.69 Å². The predicted octanol–water partition coefficient (Wildman–Crippen LogP) is 5.96. The number of hydrogen-bond donors (Lipinski definition) is 2. The summed E-state index contributed by atoms with van der Waals surface area (Å²) in [6.45, 7) is 6.18. The molecule has 2 amide bonds. The highest BCUT2D eigenvalue weighted by Gasteiger charge is 2.40. The molecule has 0 bridgehead atoms. The molecule has 7 nitrogen and oxygen atoms in total. The lowest BCUT2D eigenvalue weighted by Crippen LogP contribution is -2.32. The number of hydrogen-bond acceptors (Lipinski definition) is 7. The van der Waals surface area contributed by atoms with Crippen molar-refractivity contribution in [1.82, 2.24) is 0 Å². The van der Waals surface area contributed by atoms with Crippen LogP contribution in [0.3, 0.4) is 0 Å². The fourth-order valence-corrected chi connectivity index (χ4v) is 4.62. The van der Waals surface area contributed by atoms with Crippen LogP contribution in [0.5, 0.6) is 5.75 Å². The van der Waals surface area contributed by atoms with E-state index >= 15 is 0 Å². The van der Waals surface area contributed by atoms with Crippen molar-refractivity contribution in [2.24, 2.45) is 0 Å². The molecule has 1 aliphatic heterocycles. The molecule has 0 aliphatic carbocycles. The second kappa shape index (κ2) is 11.3. The first-order valence-electron chi connectivity index (χ1n) is 12.0. The molecule has 0 radical (unpaired) electrons. The van der Waals surface area contributed by atoms with Gasteiger partial charge in [0.25, 0.3) is 11.8 Å². The van der Waals surface area contributed by atoms with Crippen LogP contribution >= 0.6 is 11.8 Å². The number of anilines is 2. The van der Waals surface area contributed by atoms with Crippen molar-refractivity contribution < 1.29 is 24.2 Å². The maximum absolute atomic E-state index is 13.6. The Hall–Kier alpha value is -4.04. The van der Waals surface area contributed by atoms with E-state index in [4.69, 9.17) is 4.74 Å². The van der Waals surface area contributed by atoms with Crippen LogP contribution in [0.25, 0.3) is 0 Å². The van der Waals surface area contributed by atoms with Crippen molar-refractivity contribution in [2.45, 2.75) is 38.5 Å². The highest BCUT2D eigenvalue weighted by atomic mass is 32.2. The van der Waals surface area contributed by atoms with Crippen molar-refractivity contribution in [2.75, 3.05) is 16.8 Å². The number of aromatic hydroxyl groups is 1. The number of esters is 1. The lowest BCUT2D eigenvalue weighted by molar-refractivity contribution is -0.120. The highest BCUT2D eigenvalue weighted by molar-refractivity contribution is 8.04. The zero-order chi connectivity index (χ0) is 26.5. The Morgan fingerprint density at radius 3 is 2.30 bits per heavy atom. The number of ether oxygens (including phenoxy) is 1. The summed E-state index contributed by atoms with van der Waals surface area (Å²) in [4.78, 5) is 41.5. The van der Waals surface area contributed by atoms with Gasteiger partial charge in [0, 0.05) is 4.90 Å². The van der Waals surface area contributed by atoms with Gasteiger partial charge < -0.3 is 15.2 Å². The van der Waals surface area contributed by atoms with Gasteiger partial charge in [-0.05, 0) is 74.4 Å². The average molecular weight is 517 g/mol. The Kier molecular flexibility index (Phi) is 7.98. The monoisotopic (exact) mass is 516 g/mol. The first kappa shape index (κ1) is 26.0. The van der Waals surface area contributed by atoms with Crippen LogP contribution < -0.4 is 10.2 Å². The van der Waals surface area contributed by atoms with E-state index in [1.165, 1.54) is 30.0 Å². The normalized spacial score (nSPS) is 13.3. The van der Waals surface area contributed by atoms with Crippen molar-refractivity contribution in [3.8, 4) is 5.75 Å². The molecule has 0 saturated carbocycles. The van der Waals surface area contributed by atoms with Gasteiger partial charge in [0.05, 0.1) is 23.5 Å². The minimum absolute atomic E-state index is 0.0394. The van der Waals surface area contributed by atoms with Gasteiger partial charge in [-0.3, -0.25) is 9.59 Å². The number of benzene rings is 3. The number of carbonyl (C=O) groups excluding carboxylic acids is 3. The second-order valence-corrected chi connectivity index (χ2v) is 9.83. The highest BCUT2D eigenvalue weighted by Crippen LogP contribution is 2.39. The molecule has 0 spiro atoms. The van der Waals surface area contributed by atoms with Crippen molar-refractivity contribution in [3.63, 3.8) is 0 Å². The van der Waals surface area contributed by atoms with E-state index in [0.29, 0.717) is 23.5 Å². The van der Waals surface area contributed by atoms with Gasteiger partial charge in [-0.2, -0.15) is 0 Å². The fourth-order valence-electron chi connectivity index (χ4n) is 3.70. The van der Waals surface area contributed by atoms with Crippen LogP contribution in [0.15, 0.2) is 82.2 Å². The van der Waals surface area contributed by atoms with Crippen molar-refractivity contribution in [3.05, 3.63) is 94.0 Å². The van der Waals surface area contributed by atoms with Gasteiger partial charge in [-0.15, -0.1) is 0 Å². The third kappa shape index (κ3) is 5.86. The number of imide groups is 1. The van der Waals surface area contributed by atoms with E-state index in [9.17, 15) is 19.5 Å². The number of aryl methyl sites for hydroxylation is 2. The molecule has 0 fully saturated rings. The summed E-state index contributed by atoms with van der Waals surface area (Å²) in [5, 5.41) is 13.3. The molecule has 4 rings (SSSR count). The first-order chi connectivity index (χ1) is 17.8. The Morgan fingerprint density at radius 2 is 1.62 bits per heavy atom. The molecule has 37 heavy (non-hydrogen) atoms. The number of carbonyl (C=O) groups is 3. The molecule has 0 aromatic heterocycles. The Morgan fingerprint density at radius 1 is 0.946 bits per heavy atom. The number of nitrogens with one attached hydrogen (secondary N) is 1. The third-order valence-electron chi connectivity index (χ3n) is 5.79. The summed E-state index contributed by atoms with van der Waals surface area (Å²) >= 11 is 1.18. The van der Waals surface area contributed by atoms with Crippen molar-refractivity contribution in [1.29, 1.82) is 0 Å². The van der Waals surface area contributed by atoms with Crippen LogP contribution in [-0.4, -0.2) is 29.5 Å². The quantitative estimate of drug-likeness (QED) is 0.157. The Balaban J connectivity index is 1.65. The number of unbranched alkanes of at least 4 members (excludes halogenated alkanes) is 1. The molecular formula is C29H28N2O5S. The van der Waals surface area contributed by atoms with Gasteiger partial charge in [0.2, 0.25) is 0 Å². The maximum Gasteiger partial charge on any atom is 0.338 e. The molecule has 8 heteroatoms. The van der Waals surface area contributed by atoms with Crippen molar-refractivity contribution >= 4 is 40.9 Å². The van der Waals surface area contributed by atoms with E-state index in [0.717, 1.165) is 33.8 Å². The van der Waals surface area contributed by atoms with E-state index in [2.05, 4.69) is 5.32 Å². The lowest BCUT2D eigenvalue weighted by Gasteiger charge is -2.16. The van der Waals surface area contributed by atoms with E-state index < -0.39 is 17.8 Å². The van der Waals surface area contributed by atoms with Gasteiger partial charge in [0.15, 0.2) is 0 Å². The number of rotatable bonds is 9. The topological polar surface area (TPSA) is 95.9 Å². The molecular weight excluding hydrogens is 488 g/mol. The van der Waals surface area contributed by atoms with Crippen LogP contribution in [0.2, 0.25) is 0 Å². The van der Waals surface area contributed by atoms with E-state index in [1.807, 2.05) is 45.0 Å². The number of phenolic OH excluding ortho intramolecular Hbond substituents is 1. The van der Waals surface area contributed by atoms with Crippen LogP contribution in [0, 0.1) is 13.8 Å². The molecule has 1 aliphatic rings. The Labute approximate surface area is 220 Å². The van der Waals surface area contributed by atoms with Crippen LogP contribution in [-0.2, 0) is 14.3 Å². The third-order valence-corrected chi connectivity index (χ3v) is 6.88. The SMILES string of the molecule is CCCCOC(=O)c1ccc(N2C(=O)C(Nc3cc(C)ccc3O)=C(Sc3ccc(C)cc3)C2=O)cc1. The van der Waals surface area contributed by atoms with E-state index in [-0.39, 0.29) is 16.4 Å². The summed E-state index contributed by atoms with van der Waals surface area (Å²) in [5.74, 6) is -1.55. The largest absolute Gasteiger partial charge is 0.506 e. The first-order valence-corrected chi connectivity index (χ1v) is 12.8. The predicted molar refractivity (Wildman–Crippen MR) is 145 cm³/mol. The molecule has 0 unspecified atom stereocenters. The number of nitrogens with zero attached hydrogens (tertiary/aromatic N) is 1. The van der Waals surface area contributed by atoms with Crippen LogP contribution in [0.4, 0.5) is 11.4 Å². The molecule has 3 aromatic carbocycles. The number of thioether (sulfide) groups is 1. The van der Waals surface area contributed by atoms with Gasteiger partial charge in [-0.1, -0.05) is 48.9 Å². The zero-order valence-corrected chi connectivity index (χ0v) is 21.7. The molecule has 0 atom stereocenters. The summed E-state index contributed by atoms with van der Waals surface area (Å²) in [5.41, 5.74) is 3.01. The minimum atomic E-state index is -0.557. The summed E-state index contributed by atoms with van der Waals surface area (Å²) in [7, 11) is 0. The molecule has 2 N–H and O–H groups in total. The standard InChI is InChI=1S/C29H28N2O5S/c1-4-5-16-36-29(35)20-9-11-21(12-10-20)31-27(33)25(30-23-17-19(3)8-15-24(23)32)26(28(31)34)37-22-13-6-18(2)7-14-22/h6-15,17,30,32H,4-5,16H2,1-3H3. The summed E-state index contributed by atoms with van der Waals surface area (Å²) in [6.07, 6.45) is 1.69. The number of amides is 2. The summed E-state index contributed by atoms with van der Waals surface area (Å²) < 4.78 is 5.24. The smallest absolute Gasteiger partial charge is 0.338 e. The maximum atomic E-state index is 13.6. The van der Waals surface area contributed by atoms with Gasteiger partial charge >= 0.3 is 5.97 Å².